The number of amides is 1. The number of rotatable bonds is 5. The van der Waals surface area contributed by atoms with Crippen LogP contribution in [0.25, 0.3) is 0 Å². The summed E-state index contributed by atoms with van der Waals surface area (Å²) in [7, 11) is -3.92. The highest BCUT2D eigenvalue weighted by molar-refractivity contribution is 7.92. The number of halogens is 1. The molecule has 1 heterocycles. The molecule has 3 aromatic rings. The number of aryl methyl sites for hydroxylation is 2. The van der Waals surface area contributed by atoms with Crippen LogP contribution < -0.4 is 10.0 Å². The Kier molecular flexibility index (Phi) is 5.24. The molecule has 9 heteroatoms. The fourth-order valence-corrected chi connectivity index (χ4v) is 5.50. The predicted molar refractivity (Wildman–Crippen MR) is 115 cm³/mol. The van der Waals surface area contributed by atoms with Gasteiger partial charge < -0.3 is 10.4 Å². The van der Waals surface area contributed by atoms with Crippen LogP contribution in [0.15, 0.2) is 53.4 Å². The van der Waals surface area contributed by atoms with E-state index in [9.17, 15) is 18.3 Å². The van der Waals surface area contributed by atoms with Gasteiger partial charge in [0.25, 0.3) is 15.9 Å². The number of carbonyl (C=O) groups excluding carboxylic acids is 1. The maximum absolute atomic E-state index is 12.7. The third-order valence-electron chi connectivity index (χ3n) is 4.59. The first-order valence-electron chi connectivity index (χ1n) is 8.86. The van der Waals surface area contributed by atoms with Gasteiger partial charge in [-0.1, -0.05) is 11.6 Å². The molecule has 29 heavy (non-hydrogen) atoms. The monoisotopic (exact) mass is 448 g/mol. The molecule has 1 aromatic heterocycles. The van der Waals surface area contributed by atoms with Crippen molar-refractivity contribution < 1.29 is 18.3 Å². The van der Waals surface area contributed by atoms with Crippen molar-refractivity contribution >= 4 is 50.2 Å². The van der Waals surface area contributed by atoms with Crippen molar-refractivity contribution in [3.8, 4) is 5.75 Å². The molecule has 0 aliphatic heterocycles. The third kappa shape index (κ3) is 4.24. The van der Waals surface area contributed by atoms with E-state index in [1.54, 1.807) is 24.3 Å². The van der Waals surface area contributed by atoms with Gasteiger partial charge in [0.05, 0.1) is 15.5 Å². The molecule has 1 amide bonds. The summed E-state index contributed by atoms with van der Waals surface area (Å²) in [6.45, 7) is 0. The van der Waals surface area contributed by atoms with Gasteiger partial charge in [0.2, 0.25) is 0 Å². The van der Waals surface area contributed by atoms with Crippen molar-refractivity contribution in [2.75, 3.05) is 10.0 Å². The van der Waals surface area contributed by atoms with Crippen molar-refractivity contribution in [3.63, 3.8) is 0 Å². The number of hydrogen-bond acceptors (Lipinski definition) is 5. The zero-order valence-corrected chi connectivity index (χ0v) is 17.5. The van der Waals surface area contributed by atoms with Gasteiger partial charge in [-0.3, -0.25) is 9.52 Å². The summed E-state index contributed by atoms with van der Waals surface area (Å²) < 4.78 is 27.8. The lowest BCUT2D eigenvalue weighted by Gasteiger charge is -2.11. The number of carbonyl (C=O) groups is 1. The Morgan fingerprint density at radius 2 is 1.83 bits per heavy atom. The van der Waals surface area contributed by atoms with Crippen LogP contribution in [-0.4, -0.2) is 19.4 Å². The molecule has 0 bridgehead atoms. The van der Waals surface area contributed by atoms with Crippen LogP contribution in [-0.2, 0) is 22.9 Å². The van der Waals surface area contributed by atoms with Crippen molar-refractivity contribution in [1.82, 2.24) is 0 Å². The first-order valence-corrected chi connectivity index (χ1v) is 11.5. The van der Waals surface area contributed by atoms with Gasteiger partial charge in [-0.2, -0.15) is 0 Å². The standard InChI is InChI=1S/C20H17ClN2O4S2/c21-13-4-6-14(7-5-13)23-29(26,27)15-8-9-17(24)16(11-15)22-20(25)19-10-12-2-1-3-18(12)28-19/h4-11,23-24H,1-3H2,(H,22,25). The van der Waals surface area contributed by atoms with Crippen LogP contribution >= 0.6 is 22.9 Å². The Bertz CT molecular complexity index is 1170. The first kappa shape index (κ1) is 19.8. The van der Waals surface area contributed by atoms with E-state index in [4.69, 9.17) is 11.6 Å². The van der Waals surface area contributed by atoms with Gasteiger partial charge >= 0.3 is 0 Å². The molecule has 0 saturated heterocycles. The number of aromatic hydroxyl groups is 1. The minimum atomic E-state index is -3.92. The molecule has 0 unspecified atom stereocenters. The fraction of sp³-hybridized carbons (Fsp3) is 0.150. The number of benzene rings is 2. The molecule has 6 nitrogen and oxygen atoms in total. The third-order valence-corrected chi connectivity index (χ3v) is 7.46. The Morgan fingerprint density at radius 3 is 2.55 bits per heavy atom. The molecule has 0 saturated carbocycles. The molecule has 1 aliphatic rings. The SMILES string of the molecule is O=C(Nc1cc(S(=O)(=O)Nc2ccc(Cl)cc2)ccc1O)c1cc2c(s1)CCC2. The molecule has 2 aromatic carbocycles. The van der Waals surface area contributed by atoms with Crippen LogP contribution in [0, 0.1) is 0 Å². The molecule has 150 valence electrons. The number of sulfonamides is 1. The van der Waals surface area contributed by atoms with E-state index in [-0.39, 0.29) is 22.2 Å². The summed E-state index contributed by atoms with van der Waals surface area (Å²) in [5.74, 6) is -0.590. The number of fused-ring (bicyclic) bond motifs is 1. The largest absolute Gasteiger partial charge is 0.506 e. The van der Waals surface area contributed by atoms with E-state index in [0.29, 0.717) is 15.6 Å². The summed E-state index contributed by atoms with van der Waals surface area (Å²) in [6, 6.07) is 11.8. The van der Waals surface area contributed by atoms with E-state index in [1.807, 2.05) is 6.07 Å². The Hall–Kier alpha value is -2.55. The molecule has 3 N–H and O–H groups in total. The summed E-state index contributed by atoms with van der Waals surface area (Å²) >= 11 is 7.25. The van der Waals surface area contributed by atoms with Gasteiger partial charge in [-0.15, -0.1) is 11.3 Å². The van der Waals surface area contributed by atoms with Crippen LogP contribution in [0.3, 0.4) is 0 Å². The minimum absolute atomic E-state index is 0.0301. The van der Waals surface area contributed by atoms with E-state index in [0.717, 1.165) is 19.3 Å². The van der Waals surface area contributed by atoms with Crippen LogP contribution in [0.2, 0.25) is 5.02 Å². The summed E-state index contributed by atoms with van der Waals surface area (Å²) in [6.07, 6.45) is 3.04. The normalized spacial score (nSPS) is 13.1. The predicted octanol–water partition coefficient (Wildman–Crippen LogP) is 4.65. The average molecular weight is 449 g/mol. The highest BCUT2D eigenvalue weighted by atomic mass is 35.5. The molecular formula is C20H17ClN2O4S2. The van der Waals surface area contributed by atoms with Crippen LogP contribution in [0.1, 0.15) is 26.5 Å². The molecule has 0 radical (unpaired) electrons. The number of nitrogens with one attached hydrogen (secondary N) is 2. The second-order valence-corrected chi connectivity index (χ2v) is 9.91. The Labute approximate surface area is 177 Å². The molecule has 1 aliphatic carbocycles. The molecule has 4 rings (SSSR count). The lowest BCUT2D eigenvalue weighted by Crippen LogP contribution is -2.14. The quantitative estimate of drug-likeness (QED) is 0.495. The Balaban J connectivity index is 1.56. The number of hydrogen-bond donors (Lipinski definition) is 3. The van der Waals surface area contributed by atoms with E-state index < -0.39 is 10.0 Å². The van der Waals surface area contributed by atoms with Crippen LogP contribution in [0.4, 0.5) is 11.4 Å². The highest BCUT2D eigenvalue weighted by Gasteiger charge is 2.21. The lowest BCUT2D eigenvalue weighted by atomic mass is 10.2. The summed E-state index contributed by atoms with van der Waals surface area (Å²) in [5, 5.41) is 13.2. The maximum atomic E-state index is 12.7. The average Bonchev–Trinajstić information content (AvgIpc) is 3.27. The van der Waals surface area contributed by atoms with E-state index >= 15 is 0 Å². The van der Waals surface area contributed by atoms with Gasteiger partial charge in [-0.05, 0) is 73.4 Å². The molecule has 0 atom stereocenters. The van der Waals surface area contributed by atoms with E-state index in [1.165, 1.54) is 40.0 Å². The molecule has 0 fully saturated rings. The zero-order valence-electron chi connectivity index (χ0n) is 15.1. The first-order chi connectivity index (χ1) is 13.8. The maximum Gasteiger partial charge on any atom is 0.265 e. The van der Waals surface area contributed by atoms with Crippen molar-refractivity contribution in [2.24, 2.45) is 0 Å². The number of phenols is 1. The number of thiophene rings is 1. The number of phenolic OH excluding ortho intramolecular Hbond substituents is 1. The van der Waals surface area contributed by atoms with Gasteiger partial charge in [0.1, 0.15) is 5.75 Å². The lowest BCUT2D eigenvalue weighted by molar-refractivity contribution is 0.103. The highest BCUT2D eigenvalue weighted by Crippen LogP contribution is 2.32. The van der Waals surface area contributed by atoms with Gasteiger partial charge in [0.15, 0.2) is 0 Å². The van der Waals surface area contributed by atoms with Gasteiger partial charge in [0, 0.05) is 15.6 Å². The van der Waals surface area contributed by atoms with Gasteiger partial charge in [-0.25, -0.2) is 8.42 Å². The topological polar surface area (TPSA) is 95.5 Å². The summed E-state index contributed by atoms with van der Waals surface area (Å²) in [5.41, 5.74) is 1.57. The zero-order chi connectivity index (χ0) is 20.6. The molecular weight excluding hydrogens is 432 g/mol. The second kappa shape index (κ2) is 7.70. The fourth-order valence-electron chi connectivity index (χ4n) is 3.14. The minimum Gasteiger partial charge on any atom is -0.506 e. The van der Waals surface area contributed by atoms with Crippen molar-refractivity contribution in [1.29, 1.82) is 0 Å². The van der Waals surface area contributed by atoms with Crippen molar-refractivity contribution in [2.45, 2.75) is 24.2 Å². The van der Waals surface area contributed by atoms with E-state index in [2.05, 4.69) is 10.0 Å². The summed E-state index contributed by atoms with van der Waals surface area (Å²) in [4.78, 5) is 14.2. The Morgan fingerprint density at radius 1 is 1.07 bits per heavy atom. The van der Waals surface area contributed by atoms with Crippen molar-refractivity contribution in [3.05, 3.63) is 68.9 Å². The smallest absolute Gasteiger partial charge is 0.265 e. The second-order valence-electron chi connectivity index (χ2n) is 6.66. The molecule has 0 spiro atoms. The van der Waals surface area contributed by atoms with Crippen LogP contribution in [0.5, 0.6) is 5.75 Å². The number of anilines is 2.